The van der Waals surface area contributed by atoms with E-state index < -0.39 is 5.82 Å². The highest BCUT2D eigenvalue weighted by molar-refractivity contribution is 6.30. The Hall–Kier alpha value is -2.49. The number of benzene rings is 1. The van der Waals surface area contributed by atoms with Gasteiger partial charge in [-0.3, -0.25) is 4.57 Å². The first kappa shape index (κ1) is 23.3. The molecule has 2 fully saturated rings. The van der Waals surface area contributed by atoms with Gasteiger partial charge in [-0.1, -0.05) is 11.6 Å². The minimum Gasteiger partial charge on any atom is -0.381 e. The van der Waals surface area contributed by atoms with E-state index in [-0.39, 0.29) is 11.6 Å². The molecule has 3 aromatic rings. The second-order valence-electron chi connectivity index (χ2n) is 9.70. The molecule has 0 amide bonds. The van der Waals surface area contributed by atoms with Gasteiger partial charge in [-0.05, 0) is 76.1 Å². The molecule has 4 N–H and O–H groups in total. The van der Waals surface area contributed by atoms with Gasteiger partial charge >= 0.3 is 0 Å². The molecule has 10 heteroatoms. The zero-order valence-corrected chi connectivity index (χ0v) is 20.1. The number of anilines is 3. The van der Waals surface area contributed by atoms with Gasteiger partial charge in [-0.2, -0.15) is 4.98 Å². The summed E-state index contributed by atoms with van der Waals surface area (Å²) in [5.41, 5.74) is 7.79. The Morgan fingerprint density at radius 2 is 1.94 bits per heavy atom. The van der Waals surface area contributed by atoms with Crippen LogP contribution in [0.1, 0.15) is 51.5 Å². The van der Waals surface area contributed by atoms with Gasteiger partial charge in [-0.25, -0.2) is 14.4 Å². The van der Waals surface area contributed by atoms with E-state index in [1.165, 1.54) is 12.1 Å². The van der Waals surface area contributed by atoms with Gasteiger partial charge < -0.3 is 21.1 Å². The number of nitrogens with zero attached hydrogens (tertiary/aromatic N) is 4. The normalized spacial score (nSPS) is 22.6. The van der Waals surface area contributed by atoms with E-state index in [1.807, 2.05) is 0 Å². The van der Waals surface area contributed by atoms with Gasteiger partial charge in [0.05, 0.1) is 6.20 Å². The highest BCUT2D eigenvalue weighted by Crippen LogP contribution is 2.37. The van der Waals surface area contributed by atoms with Crippen molar-refractivity contribution in [2.75, 3.05) is 30.4 Å². The van der Waals surface area contributed by atoms with E-state index in [9.17, 15) is 4.39 Å². The molecular weight excluding hydrogens is 457 g/mol. The summed E-state index contributed by atoms with van der Waals surface area (Å²) in [7, 11) is 0. The Morgan fingerprint density at radius 1 is 1.18 bits per heavy atom. The van der Waals surface area contributed by atoms with Crippen molar-refractivity contribution in [2.45, 2.75) is 57.0 Å². The van der Waals surface area contributed by atoms with Crippen molar-refractivity contribution < 1.29 is 9.13 Å². The Labute approximate surface area is 203 Å². The number of nitrogens with one attached hydrogen (secondary N) is 2. The molecule has 0 atom stereocenters. The fourth-order valence-corrected chi connectivity index (χ4v) is 5.22. The van der Waals surface area contributed by atoms with Crippen molar-refractivity contribution >= 4 is 40.3 Å². The van der Waals surface area contributed by atoms with Crippen LogP contribution in [-0.2, 0) is 4.74 Å². The minimum absolute atomic E-state index is 0.116. The van der Waals surface area contributed by atoms with Gasteiger partial charge in [0.1, 0.15) is 11.3 Å². The lowest BCUT2D eigenvalue weighted by molar-refractivity contribution is 0.0656. The third-order valence-corrected chi connectivity index (χ3v) is 7.29. The van der Waals surface area contributed by atoms with Crippen LogP contribution in [0.2, 0.25) is 5.02 Å². The van der Waals surface area contributed by atoms with Gasteiger partial charge in [0.25, 0.3) is 0 Å². The smallest absolute Gasteiger partial charge is 0.225 e. The van der Waals surface area contributed by atoms with Crippen LogP contribution in [0.25, 0.3) is 11.2 Å². The van der Waals surface area contributed by atoms with Crippen molar-refractivity contribution in [3.8, 4) is 0 Å². The molecule has 1 aromatic carbocycles. The van der Waals surface area contributed by atoms with Crippen LogP contribution in [0.4, 0.5) is 22.0 Å². The number of fused-ring (bicyclic) bond motifs is 1. The lowest BCUT2D eigenvalue weighted by atomic mass is 9.86. The van der Waals surface area contributed by atoms with Gasteiger partial charge in [0.2, 0.25) is 11.9 Å². The topological polar surface area (TPSA) is 103 Å². The van der Waals surface area contributed by atoms with Crippen LogP contribution in [0.3, 0.4) is 0 Å². The van der Waals surface area contributed by atoms with E-state index in [2.05, 4.69) is 27.1 Å². The predicted octanol–water partition coefficient (Wildman–Crippen LogP) is 5.03. The van der Waals surface area contributed by atoms with E-state index in [0.29, 0.717) is 40.6 Å². The number of nitrogens with two attached hydrogens (primary N) is 1. The molecule has 3 heterocycles. The van der Waals surface area contributed by atoms with Crippen molar-refractivity contribution in [1.82, 2.24) is 19.5 Å². The molecule has 182 valence electrons. The van der Waals surface area contributed by atoms with E-state index in [4.69, 9.17) is 32.0 Å². The molecule has 1 saturated heterocycles. The number of hydrogen-bond donors (Lipinski definition) is 3. The number of hydrogen-bond acceptors (Lipinski definition) is 7. The molecule has 34 heavy (non-hydrogen) atoms. The molecule has 1 aliphatic heterocycles. The third kappa shape index (κ3) is 4.96. The largest absolute Gasteiger partial charge is 0.381 e. The summed E-state index contributed by atoms with van der Waals surface area (Å²) in [6, 6.07) is 4.58. The standard InChI is InChI=1S/C24H31ClFN7O/c1-24(6-8-34-9-7-24)32-22-28-14-20-21(31-22)33(19-4-2-15(13-27)3-5-19)23(30-20)29-18-11-16(25)10-17(26)12-18/h10-12,14-15,19H,2-9,13,27H2,1H3,(H,29,30)(H,28,31,32)/t15-,19-. The van der Waals surface area contributed by atoms with Gasteiger partial charge in [0, 0.05) is 35.5 Å². The van der Waals surface area contributed by atoms with Crippen LogP contribution >= 0.6 is 11.6 Å². The summed E-state index contributed by atoms with van der Waals surface area (Å²) in [5.74, 6) is 1.33. The second kappa shape index (κ2) is 9.64. The summed E-state index contributed by atoms with van der Waals surface area (Å²) in [6.45, 7) is 4.33. The third-order valence-electron chi connectivity index (χ3n) is 7.08. The summed E-state index contributed by atoms with van der Waals surface area (Å²) in [5, 5.41) is 7.12. The Balaban J connectivity index is 1.52. The maximum Gasteiger partial charge on any atom is 0.225 e. The summed E-state index contributed by atoms with van der Waals surface area (Å²) in [6.07, 6.45) is 7.61. The van der Waals surface area contributed by atoms with Crippen LogP contribution < -0.4 is 16.4 Å². The molecule has 0 radical (unpaired) electrons. The quantitative estimate of drug-likeness (QED) is 0.448. The van der Waals surface area contributed by atoms with Crippen molar-refractivity contribution in [2.24, 2.45) is 11.7 Å². The van der Waals surface area contributed by atoms with E-state index in [1.54, 1.807) is 12.3 Å². The molecule has 0 bridgehead atoms. The second-order valence-corrected chi connectivity index (χ2v) is 10.1. The summed E-state index contributed by atoms with van der Waals surface area (Å²) < 4.78 is 21.6. The molecule has 2 aliphatic rings. The van der Waals surface area contributed by atoms with Crippen LogP contribution in [-0.4, -0.2) is 44.8 Å². The van der Waals surface area contributed by atoms with E-state index >= 15 is 0 Å². The fourth-order valence-electron chi connectivity index (χ4n) is 5.00. The zero-order valence-electron chi connectivity index (χ0n) is 19.4. The molecule has 2 aromatic heterocycles. The minimum atomic E-state index is -0.405. The molecular formula is C24H31ClFN7O. The number of halogens is 2. The average molecular weight is 488 g/mol. The predicted molar refractivity (Wildman–Crippen MR) is 132 cm³/mol. The van der Waals surface area contributed by atoms with Gasteiger partial charge in [-0.15, -0.1) is 0 Å². The molecule has 8 nitrogen and oxygen atoms in total. The van der Waals surface area contributed by atoms with E-state index in [0.717, 1.165) is 57.4 Å². The Bertz CT molecular complexity index is 1140. The highest BCUT2D eigenvalue weighted by Gasteiger charge is 2.30. The maximum atomic E-state index is 14.0. The van der Waals surface area contributed by atoms with Crippen molar-refractivity contribution in [1.29, 1.82) is 0 Å². The monoisotopic (exact) mass is 487 g/mol. The first-order chi connectivity index (χ1) is 16.4. The lowest BCUT2D eigenvalue weighted by Crippen LogP contribution is -2.41. The first-order valence-electron chi connectivity index (χ1n) is 12.0. The SMILES string of the molecule is CC1(Nc2ncc3nc(Nc4cc(F)cc(Cl)c4)n([C@H]4CC[C@H](CN)CC4)c3n2)CCOCC1. The number of ether oxygens (including phenoxy) is 1. The van der Waals surface area contributed by atoms with Crippen LogP contribution in [0.5, 0.6) is 0 Å². The molecule has 5 rings (SSSR count). The number of rotatable bonds is 6. The fraction of sp³-hybridized carbons (Fsp3) is 0.542. The first-order valence-corrected chi connectivity index (χ1v) is 12.3. The summed E-state index contributed by atoms with van der Waals surface area (Å²) in [4.78, 5) is 14.2. The molecule has 1 saturated carbocycles. The van der Waals surface area contributed by atoms with Gasteiger partial charge in [0.15, 0.2) is 5.65 Å². The van der Waals surface area contributed by atoms with Crippen molar-refractivity contribution in [3.63, 3.8) is 0 Å². The average Bonchev–Trinajstić information content (AvgIpc) is 3.15. The molecule has 1 aliphatic carbocycles. The Morgan fingerprint density at radius 3 is 2.65 bits per heavy atom. The Kier molecular flexibility index (Phi) is 6.59. The number of aromatic nitrogens is 4. The van der Waals surface area contributed by atoms with Crippen LogP contribution in [0, 0.1) is 11.7 Å². The highest BCUT2D eigenvalue weighted by atomic mass is 35.5. The van der Waals surface area contributed by atoms with Crippen molar-refractivity contribution in [3.05, 3.63) is 35.2 Å². The maximum absolute atomic E-state index is 14.0. The lowest BCUT2D eigenvalue weighted by Gasteiger charge is -2.34. The number of imidazole rings is 1. The zero-order chi connectivity index (χ0) is 23.7. The molecule has 0 spiro atoms. The summed E-state index contributed by atoms with van der Waals surface area (Å²) >= 11 is 6.08. The molecule has 0 unspecified atom stereocenters. The van der Waals surface area contributed by atoms with Crippen LogP contribution in [0.15, 0.2) is 24.4 Å².